The van der Waals surface area contributed by atoms with Crippen LogP contribution in [0.4, 0.5) is 0 Å². The molecule has 0 aromatic heterocycles. The summed E-state index contributed by atoms with van der Waals surface area (Å²) >= 11 is -3.20. The van der Waals surface area contributed by atoms with Crippen LogP contribution in [0.15, 0.2) is 70.0 Å². The summed E-state index contributed by atoms with van der Waals surface area (Å²) in [5.41, 5.74) is 6.34. The first-order chi connectivity index (χ1) is 11.7. The number of benzene rings is 2. The Morgan fingerprint density at radius 3 is 1.81 bits per heavy atom. The second-order valence-electron chi connectivity index (χ2n) is 9.60. The first-order valence-electron chi connectivity index (χ1n) is 9.34. The maximum Gasteiger partial charge on any atom is -0.147 e. The predicted molar refractivity (Wildman–Crippen MR) is 124 cm³/mol. The molecule has 0 unspecified atom stereocenters. The molecule has 0 atom stereocenters. The van der Waals surface area contributed by atoms with Crippen molar-refractivity contribution in [2.45, 2.75) is 33.2 Å². The summed E-state index contributed by atoms with van der Waals surface area (Å²) in [6.07, 6.45) is 8.66. The molecule has 0 saturated carbocycles. The van der Waals surface area contributed by atoms with Crippen molar-refractivity contribution in [2.24, 2.45) is 5.41 Å². The van der Waals surface area contributed by atoms with E-state index in [1.54, 1.807) is 14.4 Å². The van der Waals surface area contributed by atoms with E-state index in [-0.39, 0.29) is 24.8 Å². The van der Waals surface area contributed by atoms with Crippen molar-refractivity contribution < 1.29 is 17.4 Å². The van der Waals surface area contributed by atoms with E-state index in [2.05, 4.69) is 96.7 Å². The molecule has 0 aliphatic heterocycles. The van der Waals surface area contributed by atoms with Gasteiger partial charge in [-0.2, -0.15) is 0 Å². The molecule has 0 saturated heterocycles. The van der Waals surface area contributed by atoms with Gasteiger partial charge in [-0.1, -0.05) is 0 Å². The molecule has 2 aromatic rings. The third-order valence-electron chi connectivity index (χ3n) is 6.27. The summed E-state index contributed by atoms with van der Waals surface area (Å²) in [4.78, 5) is 0. The Labute approximate surface area is 178 Å². The van der Waals surface area contributed by atoms with Crippen LogP contribution in [0.2, 0.25) is 9.26 Å². The fourth-order valence-electron chi connectivity index (χ4n) is 4.75. The van der Waals surface area contributed by atoms with Crippen molar-refractivity contribution >= 4 is 31.7 Å². The Kier molecular flexibility index (Phi) is 6.31. The Hall–Kier alpha value is -0.400. The van der Waals surface area contributed by atoms with Gasteiger partial charge < -0.3 is 0 Å². The van der Waals surface area contributed by atoms with Crippen LogP contribution in [0.1, 0.15) is 35.0 Å². The summed E-state index contributed by atoms with van der Waals surface area (Å²) in [6, 6.07) is 18.2. The van der Waals surface area contributed by atoms with Gasteiger partial charge in [-0.25, -0.2) is 0 Å². The molecule has 2 aliphatic carbocycles. The minimum Gasteiger partial charge on any atom is -0.147 e. The molecule has 4 rings (SSSR count). The van der Waals surface area contributed by atoms with Gasteiger partial charge in [0.2, 0.25) is 0 Å². The first-order valence-corrected chi connectivity index (χ1v) is 22.8. The molecule has 4 heteroatoms. The van der Waals surface area contributed by atoms with Crippen LogP contribution in [0.25, 0.3) is 11.1 Å². The molecule has 27 heavy (non-hydrogen) atoms. The summed E-state index contributed by atoms with van der Waals surface area (Å²) in [6.45, 7) is 7.05. The quantitative estimate of drug-likeness (QED) is 0.401. The number of allylic oxidation sites excluding steroid dienone is 4. The largest absolute Gasteiger partial charge is 0.147 e. The predicted octanol–water partition coefficient (Wildman–Crippen LogP) is 6.80. The van der Waals surface area contributed by atoms with E-state index in [0.717, 1.165) is 0 Å². The molecule has 0 fully saturated rings. The molecule has 0 spiro atoms. The Morgan fingerprint density at radius 1 is 0.889 bits per heavy atom. The Bertz CT molecular complexity index is 949. The molecule has 0 bridgehead atoms. The van der Waals surface area contributed by atoms with Crippen molar-refractivity contribution in [3.63, 3.8) is 0 Å². The molecule has 144 valence electrons. The Balaban J connectivity index is 0.00000131. The fraction of sp³-hybridized carbons (Fsp3) is 0.304. The smallest absolute Gasteiger partial charge is 0.147 e. The van der Waals surface area contributed by atoms with Gasteiger partial charge >= 0.3 is 155 Å². The van der Waals surface area contributed by atoms with E-state index in [4.69, 9.17) is 0 Å². The number of halogens is 2. The molecular formula is C23H30Cl2SiZr. The number of hydrogen-bond acceptors (Lipinski definition) is 0. The number of rotatable bonds is 2. The van der Waals surface area contributed by atoms with Crippen LogP contribution >= 0.6 is 24.8 Å². The zero-order valence-corrected chi connectivity index (χ0v) is 22.2. The van der Waals surface area contributed by atoms with Crippen molar-refractivity contribution in [2.75, 3.05) is 0 Å². The molecule has 0 amide bonds. The van der Waals surface area contributed by atoms with E-state index >= 15 is 0 Å². The fourth-order valence-corrected chi connectivity index (χ4v) is 19.3. The van der Waals surface area contributed by atoms with Crippen LogP contribution in [0, 0.1) is 5.41 Å². The van der Waals surface area contributed by atoms with Crippen LogP contribution in [0.3, 0.4) is 0 Å². The van der Waals surface area contributed by atoms with Crippen molar-refractivity contribution in [1.82, 2.24) is 0 Å². The van der Waals surface area contributed by atoms with Gasteiger partial charge in [0.05, 0.1) is 0 Å². The average Bonchev–Trinajstić information content (AvgIpc) is 2.89. The first kappa shape index (κ1) is 22.9. The molecule has 2 aliphatic rings. The van der Waals surface area contributed by atoms with Crippen molar-refractivity contribution in [1.29, 1.82) is 0 Å². The third-order valence-corrected chi connectivity index (χ3v) is 22.8. The summed E-state index contributed by atoms with van der Waals surface area (Å²) < 4.78 is 7.57. The molecular weight excluding hydrogens is 466 g/mol. The summed E-state index contributed by atoms with van der Waals surface area (Å²) in [5.74, 6) is 0. The normalized spacial score (nSPS) is 17.9. The maximum absolute atomic E-state index is 3.20. The second kappa shape index (κ2) is 7.45. The van der Waals surface area contributed by atoms with Gasteiger partial charge in [0.15, 0.2) is 0 Å². The van der Waals surface area contributed by atoms with Crippen LogP contribution in [-0.2, 0) is 17.4 Å². The van der Waals surface area contributed by atoms with E-state index in [9.17, 15) is 0 Å². The monoisotopic (exact) mass is 494 g/mol. The van der Waals surface area contributed by atoms with Gasteiger partial charge in [0, 0.05) is 0 Å². The summed E-state index contributed by atoms with van der Waals surface area (Å²) in [5, 5.41) is 0. The number of hydrogen-bond donors (Lipinski definition) is 0. The molecule has 0 nitrogen and oxygen atoms in total. The summed E-state index contributed by atoms with van der Waals surface area (Å²) in [7, 11) is 0. The topological polar surface area (TPSA) is 0 Å². The van der Waals surface area contributed by atoms with Crippen LogP contribution in [0.5, 0.6) is 0 Å². The van der Waals surface area contributed by atoms with Gasteiger partial charge in [0.25, 0.3) is 0 Å². The van der Waals surface area contributed by atoms with E-state index < -0.39 is 17.4 Å². The minimum absolute atomic E-state index is 0. The molecule has 0 heterocycles. The van der Waals surface area contributed by atoms with E-state index in [0.29, 0.717) is 9.04 Å². The van der Waals surface area contributed by atoms with E-state index in [1.807, 2.05) is 0 Å². The maximum atomic E-state index is 2.65. The van der Waals surface area contributed by atoms with Gasteiger partial charge in [-0.05, 0) is 0 Å². The molecule has 2 aromatic carbocycles. The zero-order chi connectivity index (χ0) is 17.9. The third kappa shape index (κ3) is 3.76. The van der Waals surface area contributed by atoms with Gasteiger partial charge in [-0.3, -0.25) is 0 Å². The average molecular weight is 497 g/mol. The molecule has 0 N–H and O–H groups in total. The van der Waals surface area contributed by atoms with E-state index in [1.165, 1.54) is 17.5 Å². The van der Waals surface area contributed by atoms with Crippen LogP contribution in [-0.4, -0.2) is 6.88 Å². The SMILES string of the molecule is CC1(C)C=C[C]([Zr]([CH3])([CH3])(=[SiH2])[CH]2c3ccccc3-c3ccccc32)=CC1.Cl.Cl. The van der Waals surface area contributed by atoms with Gasteiger partial charge in [0.1, 0.15) is 0 Å². The second-order valence-corrected chi connectivity index (χ2v) is 39.1. The molecule has 0 radical (unpaired) electrons. The Morgan fingerprint density at radius 2 is 1.37 bits per heavy atom. The standard InChI is InChI=1S/C13H9.C8H11.2CH3.2ClH.H2Si.Zr/c1-3-7-12-10(5-1)9-11-6-2-4-8-13(11)12;1-8(2)6-4-3-5-7-8;;;;;;/h1-9H;4-6H,7H2,1-2H3;2*1H3;2*1H;1H2;. The number of fused-ring (bicyclic) bond motifs is 3. The zero-order valence-electron chi connectivity index (χ0n) is 16.7. The van der Waals surface area contributed by atoms with Crippen LogP contribution < -0.4 is 0 Å². The van der Waals surface area contributed by atoms with Gasteiger partial charge in [-0.15, -0.1) is 24.8 Å². The minimum atomic E-state index is -3.20. The van der Waals surface area contributed by atoms with Crippen molar-refractivity contribution in [3.8, 4) is 11.1 Å². The van der Waals surface area contributed by atoms with Crippen molar-refractivity contribution in [3.05, 3.63) is 81.2 Å².